The minimum atomic E-state index is 0.485. The number of aryl methyl sites for hydroxylation is 1. The van der Waals surface area contributed by atoms with Crippen LogP contribution in [0.25, 0.3) is 0 Å². The molecule has 0 atom stereocenters. The van der Waals surface area contributed by atoms with Gasteiger partial charge in [-0.15, -0.1) is 0 Å². The van der Waals surface area contributed by atoms with Gasteiger partial charge >= 0.3 is 0 Å². The Morgan fingerprint density at radius 2 is 2.27 bits per heavy atom. The summed E-state index contributed by atoms with van der Waals surface area (Å²) in [5.41, 5.74) is 7.37. The second-order valence-electron chi connectivity index (χ2n) is 4.21. The average Bonchev–Trinajstić information content (AvgIpc) is 2.79. The van der Waals surface area contributed by atoms with E-state index in [2.05, 4.69) is 5.10 Å². The van der Waals surface area contributed by atoms with Crippen LogP contribution < -0.4 is 5.73 Å². The molecule has 0 radical (unpaired) electrons. The van der Waals surface area contributed by atoms with Crippen molar-refractivity contribution in [2.45, 2.75) is 45.3 Å². The molecular weight excluding hydrogens is 190 g/mol. The third-order valence-electron chi connectivity index (χ3n) is 2.96. The smallest absolute Gasteiger partial charge is 0.0822 e. The molecule has 0 aliphatic heterocycles. The predicted octanol–water partition coefficient (Wildman–Crippen LogP) is 1.73. The first-order chi connectivity index (χ1) is 7.25. The first-order valence-corrected chi connectivity index (χ1v) is 5.67. The summed E-state index contributed by atoms with van der Waals surface area (Å²) in [6.07, 6.45) is 7.43. The van der Waals surface area contributed by atoms with Gasteiger partial charge in [-0.1, -0.05) is 12.8 Å². The molecule has 0 spiro atoms. The third-order valence-corrected chi connectivity index (χ3v) is 2.96. The molecule has 84 valence electrons. The standard InChI is InChI=1S/C11H19N3O/c1-9-11(12)8-14(13-9)6-7-15-10-4-2-3-5-10/h8,10H,2-7,12H2,1H3. The van der Waals surface area contributed by atoms with Crippen LogP contribution in [0.5, 0.6) is 0 Å². The summed E-state index contributed by atoms with van der Waals surface area (Å²) in [5.74, 6) is 0. The number of aromatic nitrogens is 2. The van der Waals surface area contributed by atoms with Crippen LogP contribution >= 0.6 is 0 Å². The Balaban J connectivity index is 1.73. The highest BCUT2D eigenvalue weighted by molar-refractivity contribution is 5.39. The molecule has 4 heteroatoms. The van der Waals surface area contributed by atoms with Crippen LogP contribution in [0.1, 0.15) is 31.4 Å². The lowest BCUT2D eigenvalue weighted by Gasteiger charge is -2.10. The van der Waals surface area contributed by atoms with E-state index >= 15 is 0 Å². The first-order valence-electron chi connectivity index (χ1n) is 5.67. The van der Waals surface area contributed by atoms with Gasteiger partial charge in [0.15, 0.2) is 0 Å². The minimum Gasteiger partial charge on any atom is -0.396 e. The lowest BCUT2D eigenvalue weighted by Crippen LogP contribution is -2.13. The Labute approximate surface area is 90.4 Å². The minimum absolute atomic E-state index is 0.485. The second kappa shape index (κ2) is 4.66. The van der Waals surface area contributed by atoms with Crippen LogP contribution in [0.4, 0.5) is 5.69 Å². The van der Waals surface area contributed by atoms with Gasteiger partial charge in [0.1, 0.15) is 0 Å². The number of hydrogen-bond acceptors (Lipinski definition) is 3. The lowest BCUT2D eigenvalue weighted by molar-refractivity contribution is 0.0514. The molecule has 0 bridgehead atoms. The number of ether oxygens (including phenoxy) is 1. The maximum Gasteiger partial charge on any atom is 0.0822 e. The molecule has 1 aromatic rings. The van der Waals surface area contributed by atoms with E-state index in [1.54, 1.807) is 0 Å². The number of nitrogen functional groups attached to an aromatic ring is 1. The molecule has 0 unspecified atom stereocenters. The zero-order valence-electron chi connectivity index (χ0n) is 9.28. The van der Waals surface area contributed by atoms with Crippen LogP contribution in [0, 0.1) is 6.92 Å². The van der Waals surface area contributed by atoms with E-state index in [4.69, 9.17) is 10.5 Å². The summed E-state index contributed by atoms with van der Waals surface area (Å²) in [5, 5.41) is 4.29. The average molecular weight is 209 g/mol. The fraction of sp³-hybridized carbons (Fsp3) is 0.727. The maximum atomic E-state index is 5.75. The largest absolute Gasteiger partial charge is 0.396 e. The molecule has 1 aromatic heterocycles. The van der Waals surface area contributed by atoms with Crippen molar-refractivity contribution >= 4 is 5.69 Å². The zero-order valence-corrected chi connectivity index (χ0v) is 9.28. The Hall–Kier alpha value is -1.03. The van der Waals surface area contributed by atoms with E-state index in [9.17, 15) is 0 Å². The molecule has 1 aliphatic rings. The summed E-state index contributed by atoms with van der Waals surface area (Å²) < 4.78 is 7.62. The van der Waals surface area contributed by atoms with Crippen molar-refractivity contribution in [1.29, 1.82) is 0 Å². The normalized spacial score (nSPS) is 17.4. The molecule has 1 aliphatic carbocycles. The summed E-state index contributed by atoms with van der Waals surface area (Å²) in [4.78, 5) is 0. The fourth-order valence-corrected chi connectivity index (χ4v) is 2.02. The molecule has 1 saturated carbocycles. The van der Waals surface area contributed by atoms with Crippen molar-refractivity contribution in [2.75, 3.05) is 12.3 Å². The molecule has 4 nitrogen and oxygen atoms in total. The van der Waals surface area contributed by atoms with Gasteiger partial charge in [0.25, 0.3) is 0 Å². The molecular formula is C11H19N3O. The SMILES string of the molecule is Cc1nn(CCOC2CCCC2)cc1N. The summed E-state index contributed by atoms with van der Waals surface area (Å²) >= 11 is 0. The van der Waals surface area contributed by atoms with E-state index in [1.807, 2.05) is 17.8 Å². The van der Waals surface area contributed by atoms with Gasteiger partial charge in [0.2, 0.25) is 0 Å². The summed E-state index contributed by atoms with van der Waals surface area (Å²) in [7, 11) is 0. The molecule has 1 fully saturated rings. The Morgan fingerprint density at radius 1 is 1.53 bits per heavy atom. The Morgan fingerprint density at radius 3 is 2.87 bits per heavy atom. The predicted molar refractivity (Wildman–Crippen MR) is 59.6 cm³/mol. The van der Waals surface area contributed by atoms with Crippen molar-refractivity contribution in [2.24, 2.45) is 0 Å². The zero-order chi connectivity index (χ0) is 10.7. The van der Waals surface area contributed by atoms with E-state index in [-0.39, 0.29) is 0 Å². The van der Waals surface area contributed by atoms with Crippen molar-refractivity contribution in [3.63, 3.8) is 0 Å². The topological polar surface area (TPSA) is 53.1 Å². The van der Waals surface area contributed by atoms with Gasteiger partial charge in [0.05, 0.1) is 30.6 Å². The van der Waals surface area contributed by atoms with E-state index in [0.717, 1.165) is 24.5 Å². The van der Waals surface area contributed by atoms with Crippen LogP contribution in [-0.2, 0) is 11.3 Å². The van der Waals surface area contributed by atoms with Gasteiger partial charge in [-0.05, 0) is 19.8 Å². The molecule has 1 heterocycles. The molecule has 0 saturated heterocycles. The Bertz CT molecular complexity index is 296. The van der Waals surface area contributed by atoms with Crippen LogP contribution in [0.2, 0.25) is 0 Å². The Kier molecular flexibility index (Phi) is 3.26. The summed E-state index contributed by atoms with van der Waals surface area (Å²) in [6, 6.07) is 0. The van der Waals surface area contributed by atoms with Gasteiger partial charge in [-0.2, -0.15) is 5.10 Å². The van der Waals surface area contributed by atoms with Gasteiger partial charge < -0.3 is 10.5 Å². The van der Waals surface area contributed by atoms with Crippen LogP contribution in [0.3, 0.4) is 0 Å². The second-order valence-corrected chi connectivity index (χ2v) is 4.21. The number of rotatable bonds is 4. The van der Waals surface area contributed by atoms with Gasteiger partial charge in [-0.3, -0.25) is 4.68 Å². The van der Waals surface area contributed by atoms with E-state index < -0.39 is 0 Å². The highest BCUT2D eigenvalue weighted by Crippen LogP contribution is 2.20. The number of nitrogens with two attached hydrogens (primary N) is 1. The highest BCUT2D eigenvalue weighted by atomic mass is 16.5. The molecule has 2 rings (SSSR count). The highest BCUT2D eigenvalue weighted by Gasteiger charge is 2.14. The quantitative estimate of drug-likeness (QED) is 0.821. The van der Waals surface area contributed by atoms with Crippen molar-refractivity contribution in [1.82, 2.24) is 9.78 Å². The maximum absolute atomic E-state index is 5.75. The number of anilines is 1. The van der Waals surface area contributed by atoms with E-state index in [0.29, 0.717) is 6.10 Å². The number of hydrogen-bond donors (Lipinski definition) is 1. The molecule has 0 amide bonds. The van der Waals surface area contributed by atoms with Crippen LogP contribution in [-0.4, -0.2) is 22.5 Å². The van der Waals surface area contributed by atoms with Crippen LogP contribution in [0.15, 0.2) is 6.20 Å². The van der Waals surface area contributed by atoms with Gasteiger partial charge in [-0.25, -0.2) is 0 Å². The number of nitrogens with zero attached hydrogens (tertiary/aromatic N) is 2. The monoisotopic (exact) mass is 209 g/mol. The van der Waals surface area contributed by atoms with E-state index in [1.165, 1.54) is 25.7 Å². The van der Waals surface area contributed by atoms with Crippen molar-refractivity contribution < 1.29 is 4.74 Å². The molecule has 15 heavy (non-hydrogen) atoms. The van der Waals surface area contributed by atoms with Crippen molar-refractivity contribution in [3.8, 4) is 0 Å². The molecule has 2 N–H and O–H groups in total. The lowest BCUT2D eigenvalue weighted by atomic mass is 10.3. The fourth-order valence-electron chi connectivity index (χ4n) is 2.02. The van der Waals surface area contributed by atoms with Gasteiger partial charge in [0, 0.05) is 6.20 Å². The molecule has 0 aromatic carbocycles. The first kappa shape index (κ1) is 10.5. The summed E-state index contributed by atoms with van der Waals surface area (Å²) in [6.45, 7) is 3.46. The van der Waals surface area contributed by atoms with Crippen molar-refractivity contribution in [3.05, 3.63) is 11.9 Å². The third kappa shape index (κ3) is 2.72.